The van der Waals surface area contributed by atoms with E-state index in [1.807, 2.05) is 44.2 Å². The summed E-state index contributed by atoms with van der Waals surface area (Å²) in [5.41, 5.74) is 2.14. The van der Waals surface area contributed by atoms with E-state index in [1.165, 1.54) is 11.2 Å². The van der Waals surface area contributed by atoms with Gasteiger partial charge in [0.2, 0.25) is 0 Å². The van der Waals surface area contributed by atoms with Crippen LogP contribution in [-0.2, 0) is 22.6 Å². The van der Waals surface area contributed by atoms with Gasteiger partial charge in [-0.3, -0.25) is 9.59 Å². The minimum absolute atomic E-state index is 0.0427. The molecule has 1 N–H and O–H groups in total. The maximum atomic E-state index is 13.3. The van der Waals surface area contributed by atoms with E-state index in [4.69, 9.17) is 13.9 Å². The average molecular weight is 474 g/mol. The molecule has 1 aromatic heterocycles. The van der Waals surface area contributed by atoms with E-state index >= 15 is 0 Å². The van der Waals surface area contributed by atoms with Gasteiger partial charge in [0.25, 0.3) is 11.7 Å². The molecular formula is C28H27NO6. The molecule has 2 atom stereocenters. The summed E-state index contributed by atoms with van der Waals surface area (Å²) in [5.74, 6) is 0.313. The van der Waals surface area contributed by atoms with E-state index in [9.17, 15) is 14.7 Å². The second-order valence-corrected chi connectivity index (χ2v) is 8.88. The standard InChI is InChI=1S/C28H27NO6/c1-3-11-33-21-7-4-6-18(15-21)25-24(27(31)28(32)29(25)16-22-8-5-12-34-22)26(30)19-9-10-23-20(14-19)13-17(2)35-23/h4-10,12,14-15,17,25,30H,3,11,13,16H2,1-2H3/b26-24+. The molecule has 180 valence electrons. The molecule has 1 amide bonds. The molecule has 2 aromatic carbocycles. The van der Waals surface area contributed by atoms with E-state index < -0.39 is 17.7 Å². The van der Waals surface area contributed by atoms with Crippen LogP contribution in [0.1, 0.15) is 48.8 Å². The van der Waals surface area contributed by atoms with Crippen molar-refractivity contribution in [2.45, 2.75) is 45.4 Å². The van der Waals surface area contributed by atoms with Gasteiger partial charge in [-0.05, 0) is 66.9 Å². The summed E-state index contributed by atoms with van der Waals surface area (Å²) in [4.78, 5) is 27.9. The predicted molar refractivity (Wildman–Crippen MR) is 129 cm³/mol. The summed E-state index contributed by atoms with van der Waals surface area (Å²) in [6, 6.07) is 15.3. The zero-order valence-corrected chi connectivity index (χ0v) is 19.7. The van der Waals surface area contributed by atoms with Crippen LogP contribution in [0.5, 0.6) is 11.5 Å². The minimum atomic E-state index is -0.797. The van der Waals surface area contributed by atoms with Gasteiger partial charge < -0.3 is 23.9 Å². The molecule has 1 fully saturated rings. The Balaban J connectivity index is 1.61. The summed E-state index contributed by atoms with van der Waals surface area (Å²) in [6.45, 7) is 4.64. The Morgan fingerprint density at radius 3 is 2.77 bits per heavy atom. The van der Waals surface area contributed by atoms with Gasteiger partial charge in [-0.25, -0.2) is 0 Å². The molecule has 0 spiro atoms. The monoisotopic (exact) mass is 473 g/mol. The number of benzene rings is 2. The number of aliphatic hydroxyl groups excluding tert-OH is 1. The van der Waals surface area contributed by atoms with Gasteiger partial charge in [0.15, 0.2) is 0 Å². The number of ketones is 1. The lowest BCUT2D eigenvalue weighted by atomic mass is 9.94. The molecule has 3 aromatic rings. The number of likely N-dealkylation sites (tertiary alicyclic amines) is 1. The molecule has 0 aliphatic carbocycles. The first kappa shape index (κ1) is 22.8. The topological polar surface area (TPSA) is 89.2 Å². The van der Waals surface area contributed by atoms with Crippen molar-refractivity contribution < 1.29 is 28.6 Å². The van der Waals surface area contributed by atoms with Gasteiger partial charge in [0.1, 0.15) is 29.1 Å². The van der Waals surface area contributed by atoms with Crippen molar-refractivity contribution in [3.63, 3.8) is 0 Å². The SMILES string of the molecule is CCCOc1cccc(C2/C(=C(\O)c3ccc4c(c3)CC(C)O4)C(=O)C(=O)N2Cc2ccco2)c1. The molecule has 7 nitrogen and oxygen atoms in total. The summed E-state index contributed by atoms with van der Waals surface area (Å²) in [7, 11) is 0. The second-order valence-electron chi connectivity index (χ2n) is 8.88. The molecule has 7 heteroatoms. The predicted octanol–water partition coefficient (Wildman–Crippen LogP) is 5.01. The van der Waals surface area contributed by atoms with Crippen LogP contribution in [0.2, 0.25) is 0 Å². The fourth-order valence-corrected chi connectivity index (χ4v) is 4.68. The third-order valence-corrected chi connectivity index (χ3v) is 6.26. The Kier molecular flexibility index (Phi) is 6.07. The van der Waals surface area contributed by atoms with Gasteiger partial charge in [0, 0.05) is 12.0 Å². The van der Waals surface area contributed by atoms with Crippen molar-refractivity contribution in [2.24, 2.45) is 0 Å². The van der Waals surface area contributed by atoms with Crippen molar-refractivity contribution in [3.8, 4) is 11.5 Å². The second kappa shape index (κ2) is 9.33. The molecule has 1 saturated heterocycles. The van der Waals surface area contributed by atoms with Crippen molar-refractivity contribution in [3.05, 3.63) is 88.9 Å². The third kappa shape index (κ3) is 4.30. The number of aliphatic hydroxyl groups is 1. The Labute approximate surface area is 203 Å². The van der Waals surface area contributed by atoms with Crippen LogP contribution < -0.4 is 9.47 Å². The number of fused-ring (bicyclic) bond motifs is 1. The Hall–Kier alpha value is -4.00. The van der Waals surface area contributed by atoms with Crippen LogP contribution in [0, 0.1) is 0 Å². The highest BCUT2D eigenvalue weighted by molar-refractivity contribution is 6.46. The van der Waals surface area contributed by atoms with E-state index in [0.29, 0.717) is 35.7 Å². The van der Waals surface area contributed by atoms with E-state index in [0.717, 1.165) is 17.7 Å². The highest BCUT2D eigenvalue weighted by atomic mass is 16.5. The number of amides is 1. The van der Waals surface area contributed by atoms with Crippen LogP contribution in [0.15, 0.2) is 70.9 Å². The van der Waals surface area contributed by atoms with Crippen molar-refractivity contribution >= 4 is 17.4 Å². The number of rotatable bonds is 7. The molecule has 2 aliphatic rings. The van der Waals surface area contributed by atoms with Crippen molar-refractivity contribution in [1.82, 2.24) is 4.90 Å². The number of nitrogens with zero attached hydrogens (tertiary/aromatic N) is 1. The van der Waals surface area contributed by atoms with E-state index in [2.05, 4.69) is 0 Å². The molecule has 35 heavy (non-hydrogen) atoms. The number of carbonyl (C=O) groups is 2. The third-order valence-electron chi connectivity index (χ3n) is 6.26. The summed E-state index contributed by atoms with van der Waals surface area (Å²) in [5, 5.41) is 11.4. The van der Waals surface area contributed by atoms with Gasteiger partial charge in [0.05, 0.1) is 31.0 Å². The lowest BCUT2D eigenvalue weighted by molar-refractivity contribution is -0.140. The number of carbonyl (C=O) groups excluding carboxylic acids is 2. The highest BCUT2D eigenvalue weighted by Crippen LogP contribution is 2.42. The summed E-state index contributed by atoms with van der Waals surface area (Å²) in [6.07, 6.45) is 3.13. The number of hydrogen-bond acceptors (Lipinski definition) is 6. The Morgan fingerprint density at radius 1 is 1.14 bits per heavy atom. The largest absolute Gasteiger partial charge is 0.507 e. The average Bonchev–Trinajstić information content (AvgIpc) is 3.56. The maximum Gasteiger partial charge on any atom is 0.296 e. The molecular weight excluding hydrogens is 446 g/mol. The molecule has 2 unspecified atom stereocenters. The quantitative estimate of drug-likeness (QED) is 0.295. The smallest absolute Gasteiger partial charge is 0.296 e. The minimum Gasteiger partial charge on any atom is -0.507 e. The highest BCUT2D eigenvalue weighted by Gasteiger charge is 2.46. The summed E-state index contributed by atoms with van der Waals surface area (Å²) < 4.78 is 17.0. The van der Waals surface area contributed by atoms with Gasteiger partial charge in [-0.2, -0.15) is 0 Å². The van der Waals surface area contributed by atoms with Crippen LogP contribution in [0.25, 0.3) is 5.76 Å². The first-order chi connectivity index (χ1) is 17.0. The number of furan rings is 1. The number of Topliss-reactive ketones (excluding diaryl/α,β-unsaturated/α-hetero) is 1. The van der Waals surface area contributed by atoms with Gasteiger partial charge >= 0.3 is 0 Å². The zero-order valence-electron chi connectivity index (χ0n) is 19.7. The van der Waals surface area contributed by atoms with Gasteiger partial charge in [-0.1, -0.05) is 19.1 Å². The molecule has 0 saturated carbocycles. The van der Waals surface area contributed by atoms with E-state index in [1.54, 1.807) is 24.3 Å². The maximum absolute atomic E-state index is 13.3. The van der Waals surface area contributed by atoms with Crippen LogP contribution >= 0.6 is 0 Å². The van der Waals surface area contributed by atoms with Crippen LogP contribution in [0.4, 0.5) is 0 Å². The lowest BCUT2D eigenvalue weighted by Gasteiger charge is -2.25. The fourth-order valence-electron chi connectivity index (χ4n) is 4.68. The molecule has 3 heterocycles. The molecule has 2 aliphatic heterocycles. The normalized spacial score (nSPS) is 20.7. The Bertz CT molecular complexity index is 1290. The van der Waals surface area contributed by atoms with Crippen LogP contribution in [-0.4, -0.2) is 34.4 Å². The first-order valence-electron chi connectivity index (χ1n) is 11.8. The molecule has 0 bridgehead atoms. The molecule has 5 rings (SSSR count). The Morgan fingerprint density at radius 2 is 2.00 bits per heavy atom. The zero-order chi connectivity index (χ0) is 24.5. The first-order valence-corrected chi connectivity index (χ1v) is 11.8. The molecule has 0 radical (unpaired) electrons. The number of ether oxygens (including phenoxy) is 2. The van der Waals surface area contributed by atoms with Crippen LogP contribution in [0.3, 0.4) is 0 Å². The van der Waals surface area contributed by atoms with Crippen molar-refractivity contribution in [1.29, 1.82) is 0 Å². The van der Waals surface area contributed by atoms with E-state index in [-0.39, 0.29) is 24.0 Å². The summed E-state index contributed by atoms with van der Waals surface area (Å²) >= 11 is 0. The lowest BCUT2D eigenvalue weighted by Crippen LogP contribution is -2.29. The fraction of sp³-hybridized carbons (Fsp3) is 0.286. The van der Waals surface area contributed by atoms with Crippen molar-refractivity contribution in [2.75, 3.05) is 6.61 Å². The van der Waals surface area contributed by atoms with Gasteiger partial charge in [-0.15, -0.1) is 0 Å². The number of hydrogen-bond donors (Lipinski definition) is 1.